The number of benzene rings is 2. The van der Waals surface area contributed by atoms with Crippen LogP contribution >= 0.6 is 22.9 Å². The largest absolute Gasteiger partial charge is 0.496 e. The standard InChI is InChI=1S/C16H13ClOS/c1-18-14-9-8-13(11-5-2-3-6-12(11)14)16(17)15-7-4-10-19-15/h2-10,16H,1H3. The van der Waals surface area contributed by atoms with Crippen LogP contribution in [0.4, 0.5) is 0 Å². The van der Waals surface area contributed by atoms with E-state index < -0.39 is 0 Å². The normalized spacial score (nSPS) is 12.5. The summed E-state index contributed by atoms with van der Waals surface area (Å²) in [6.45, 7) is 0. The van der Waals surface area contributed by atoms with Crippen LogP contribution in [0.5, 0.6) is 5.75 Å². The van der Waals surface area contributed by atoms with Gasteiger partial charge < -0.3 is 4.74 Å². The van der Waals surface area contributed by atoms with E-state index >= 15 is 0 Å². The Labute approximate surface area is 121 Å². The molecule has 0 amide bonds. The molecule has 0 saturated heterocycles. The lowest BCUT2D eigenvalue weighted by Gasteiger charge is -2.13. The molecule has 1 nitrogen and oxygen atoms in total. The van der Waals surface area contributed by atoms with Gasteiger partial charge in [0.05, 0.1) is 12.5 Å². The number of alkyl halides is 1. The smallest absolute Gasteiger partial charge is 0.126 e. The number of methoxy groups -OCH3 is 1. The molecule has 0 radical (unpaired) electrons. The number of fused-ring (bicyclic) bond motifs is 1. The average Bonchev–Trinajstić information content (AvgIpc) is 2.99. The summed E-state index contributed by atoms with van der Waals surface area (Å²) < 4.78 is 5.41. The molecule has 19 heavy (non-hydrogen) atoms. The van der Waals surface area contributed by atoms with Crippen LogP contribution < -0.4 is 4.74 Å². The fraction of sp³-hybridized carbons (Fsp3) is 0.125. The molecule has 96 valence electrons. The first-order valence-corrected chi connectivity index (χ1v) is 7.36. The first-order chi connectivity index (χ1) is 9.31. The topological polar surface area (TPSA) is 9.23 Å². The van der Waals surface area contributed by atoms with Crippen molar-refractivity contribution in [3.05, 3.63) is 64.4 Å². The van der Waals surface area contributed by atoms with E-state index in [1.165, 1.54) is 0 Å². The summed E-state index contributed by atoms with van der Waals surface area (Å²) in [5.41, 5.74) is 1.13. The summed E-state index contributed by atoms with van der Waals surface area (Å²) in [5, 5.41) is 4.19. The number of hydrogen-bond acceptors (Lipinski definition) is 2. The van der Waals surface area contributed by atoms with Gasteiger partial charge in [-0.2, -0.15) is 0 Å². The minimum absolute atomic E-state index is 0.115. The molecule has 0 N–H and O–H groups in total. The fourth-order valence-electron chi connectivity index (χ4n) is 2.28. The van der Waals surface area contributed by atoms with Crippen LogP contribution in [-0.4, -0.2) is 7.11 Å². The lowest BCUT2D eigenvalue weighted by molar-refractivity contribution is 0.419. The third kappa shape index (κ3) is 2.22. The number of halogens is 1. The molecule has 0 fully saturated rings. The monoisotopic (exact) mass is 288 g/mol. The number of thiophene rings is 1. The van der Waals surface area contributed by atoms with Gasteiger partial charge >= 0.3 is 0 Å². The molecule has 0 spiro atoms. The second-order valence-electron chi connectivity index (χ2n) is 4.28. The van der Waals surface area contributed by atoms with Crippen molar-refractivity contribution in [2.24, 2.45) is 0 Å². The molecule has 0 aliphatic rings. The summed E-state index contributed by atoms with van der Waals surface area (Å²) in [5.74, 6) is 0.884. The third-order valence-corrected chi connectivity index (χ3v) is 4.74. The molecule has 3 heteroatoms. The first kappa shape index (κ1) is 12.5. The van der Waals surface area contributed by atoms with Gasteiger partial charge in [0.25, 0.3) is 0 Å². The predicted octanol–water partition coefficient (Wildman–Crippen LogP) is 5.24. The Morgan fingerprint density at radius 3 is 2.47 bits per heavy atom. The Morgan fingerprint density at radius 2 is 1.79 bits per heavy atom. The van der Waals surface area contributed by atoms with Crippen molar-refractivity contribution in [2.75, 3.05) is 7.11 Å². The number of hydrogen-bond donors (Lipinski definition) is 0. The van der Waals surface area contributed by atoms with E-state index in [2.05, 4.69) is 29.6 Å². The highest BCUT2D eigenvalue weighted by Crippen LogP contribution is 2.38. The first-order valence-electron chi connectivity index (χ1n) is 6.04. The minimum atomic E-state index is -0.115. The van der Waals surface area contributed by atoms with Gasteiger partial charge in [-0.05, 0) is 28.5 Å². The average molecular weight is 289 g/mol. The van der Waals surface area contributed by atoms with Crippen molar-refractivity contribution >= 4 is 33.7 Å². The van der Waals surface area contributed by atoms with Crippen LogP contribution in [0.2, 0.25) is 0 Å². The van der Waals surface area contributed by atoms with E-state index in [0.29, 0.717) is 0 Å². The van der Waals surface area contributed by atoms with Gasteiger partial charge in [-0.1, -0.05) is 36.4 Å². The van der Waals surface area contributed by atoms with Crippen molar-refractivity contribution in [1.29, 1.82) is 0 Å². The van der Waals surface area contributed by atoms with Crippen LogP contribution in [0.3, 0.4) is 0 Å². The SMILES string of the molecule is COc1ccc(C(Cl)c2cccs2)c2ccccc12. The molecule has 1 unspecified atom stereocenters. The maximum Gasteiger partial charge on any atom is 0.126 e. The second kappa shape index (κ2) is 5.24. The van der Waals surface area contributed by atoms with Gasteiger partial charge in [-0.15, -0.1) is 22.9 Å². The maximum atomic E-state index is 6.62. The van der Waals surface area contributed by atoms with Crippen molar-refractivity contribution in [3.8, 4) is 5.75 Å². The summed E-state index contributed by atoms with van der Waals surface area (Å²) >= 11 is 8.30. The van der Waals surface area contributed by atoms with E-state index in [9.17, 15) is 0 Å². The van der Waals surface area contributed by atoms with E-state index in [1.807, 2.05) is 24.3 Å². The van der Waals surface area contributed by atoms with Gasteiger partial charge in [0.15, 0.2) is 0 Å². The maximum absolute atomic E-state index is 6.62. The lowest BCUT2D eigenvalue weighted by Crippen LogP contribution is -1.94. The summed E-state index contributed by atoms with van der Waals surface area (Å²) in [6.07, 6.45) is 0. The quantitative estimate of drug-likeness (QED) is 0.599. The molecule has 0 bridgehead atoms. The molecule has 1 aromatic heterocycles. The lowest BCUT2D eigenvalue weighted by atomic mass is 10.0. The van der Waals surface area contributed by atoms with Crippen LogP contribution in [0, 0.1) is 0 Å². The van der Waals surface area contributed by atoms with Gasteiger partial charge in [0.2, 0.25) is 0 Å². The Balaban J connectivity index is 2.20. The molecule has 1 atom stereocenters. The van der Waals surface area contributed by atoms with Crippen molar-refractivity contribution in [3.63, 3.8) is 0 Å². The fourth-order valence-corrected chi connectivity index (χ4v) is 3.42. The molecule has 0 aliphatic heterocycles. The zero-order chi connectivity index (χ0) is 13.2. The molecule has 3 rings (SSSR count). The Bertz CT molecular complexity index is 691. The van der Waals surface area contributed by atoms with Crippen molar-refractivity contribution < 1.29 is 4.74 Å². The van der Waals surface area contributed by atoms with Crippen LogP contribution in [-0.2, 0) is 0 Å². The van der Waals surface area contributed by atoms with E-state index in [4.69, 9.17) is 16.3 Å². The zero-order valence-electron chi connectivity index (χ0n) is 10.5. The van der Waals surface area contributed by atoms with Crippen LogP contribution in [0.15, 0.2) is 53.9 Å². The van der Waals surface area contributed by atoms with E-state index in [1.54, 1.807) is 18.4 Å². The molecule has 0 aliphatic carbocycles. The molecular formula is C16H13ClOS. The molecule has 2 aromatic carbocycles. The summed E-state index contributed by atoms with van der Waals surface area (Å²) in [7, 11) is 1.69. The minimum Gasteiger partial charge on any atom is -0.496 e. The highest BCUT2D eigenvalue weighted by atomic mass is 35.5. The van der Waals surface area contributed by atoms with Crippen molar-refractivity contribution in [2.45, 2.75) is 5.38 Å². The molecular weight excluding hydrogens is 276 g/mol. The van der Waals surface area contributed by atoms with Crippen molar-refractivity contribution in [1.82, 2.24) is 0 Å². The zero-order valence-corrected chi connectivity index (χ0v) is 12.0. The Morgan fingerprint density at radius 1 is 1.00 bits per heavy atom. The number of rotatable bonds is 3. The molecule has 1 heterocycles. The van der Waals surface area contributed by atoms with Gasteiger partial charge in [0, 0.05) is 10.3 Å². The second-order valence-corrected chi connectivity index (χ2v) is 5.70. The van der Waals surface area contributed by atoms with Gasteiger partial charge in [-0.25, -0.2) is 0 Å². The molecule has 0 saturated carbocycles. The highest BCUT2D eigenvalue weighted by Gasteiger charge is 2.16. The van der Waals surface area contributed by atoms with Gasteiger partial charge in [0.1, 0.15) is 5.75 Å². The van der Waals surface area contributed by atoms with Crippen LogP contribution in [0.1, 0.15) is 15.8 Å². The predicted molar refractivity (Wildman–Crippen MR) is 82.5 cm³/mol. The van der Waals surface area contributed by atoms with E-state index in [-0.39, 0.29) is 5.38 Å². The summed E-state index contributed by atoms with van der Waals surface area (Å²) in [6, 6.07) is 16.3. The third-order valence-electron chi connectivity index (χ3n) is 3.20. The van der Waals surface area contributed by atoms with Crippen LogP contribution in [0.25, 0.3) is 10.8 Å². The molecule has 3 aromatic rings. The Kier molecular flexibility index (Phi) is 3.45. The summed E-state index contributed by atoms with van der Waals surface area (Å²) in [4.78, 5) is 1.16. The highest BCUT2D eigenvalue weighted by molar-refractivity contribution is 7.10. The van der Waals surface area contributed by atoms with E-state index in [0.717, 1.165) is 27.0 Å². The number of ether oxygens (including phenoxy) is 1. The van der Waals surface area contributed by atoms with Gasteiger partial charge in [-0.3, -0.25) is 0 Å². The Hall–Kier alpha value is -1.51.